The Kier molecular flexibility index (Phi) is 23.7. The van der Waals surface area contributed by atoms with Crippen molar-refractivity contribution in [2.24, 2.45) is 11.7 Å². The first-order valence-corrected chi connectivity index (χ1v) is 31.5. The normalized spacial score (nSPS) is 18.1. The Labute approximate surface area is 520 Å². The van der Waals surface area contributed by atoms with Crippen molar-refractivity contribution in [3.05, 3.63) is 137 Å². The van der Waals surface area contributed by atoms with Crippen molar-refractivity contribution >= 4 is 69.8 Å². The van der Waals surface area contributed by atoms with Gasteiger partial charge in [-0.2, -0.15) is 0 Å². The number of aliphatic carboxylic acids is 1. The number of carbonyl (C=O) groups is 8. The van der Waals surface area contributed by atoms with Crippen molar-refractivity contribution in [3.63, 3.8) is 0 Å². The molecule has 0 radical (unpaired) electrons. The maximum Gasteiger partial charge on any atom is 0.408 e. The Balaban J connectivity index is 0.802. The van der Waals surface area contributed by atoms with E-state index in [9.17, 15) is 48.3 Å². The minimum Gasteiger partial charge on any atom is -0.480 e. The number of fused-ring (bicyclic) bond motifs is 2. The third-order valence-corrected chi connectivity index (χ3v) is 16.8. The number of hydrogen-bond donors (Lipinski definition) is 6. The molecule has 8 amide bonds. The van der Waals surface area contributed by atoms with Gasteiger partial charge in [-0.15, -0.1) is 0 Å². The summed E-state index contributed by atoms with van der Waals surface area (Å²) in [5.74, 6) is -3.88. The number of rotatable bonds is 27. The molecule has 0 aliphatic carbocycles. The topological polar surface area (TPSA) is 288 Å². The van der Waals surface area contributed by atoms with Crippen molar-refractivity contribution in [3.8, 4) is 0 Å². The molecule has 89 heavy (non-hydrogen) atoms. The van der Waals surface area contributed by atoms with E-state index >= 15 is 0 Å². The van der Waals surface area contributed by atoms with Crippen LogP contribution in [0.5, 0.6) is 0 Å². The van der Waals surface area contributed by atoms with Crippen LogP contribution in [0.3, 0.4) is 0 Å². The number of ether oxygens (including phenoxy) is 1. The van der Waals surface area contributed by atoms with Crippen LogP contribution in [0.4, 0.5) is 21.0 Å². The highest BCUT2D eigenvalue weighted by Crippen LogP contribution is 2.33. The molecule has 22 heteroatoms. The number of piperidine rings is 1. The lowest BCUT2D eigenvalue weighted by Gasteiger charge is -2.39. The number of pyridine rings is 2. The average molecular weight is 1220 g/mol. The molecule has 7 N–H and O–H groups in total. The summed E-state index contributed by atoms with van der Waals surface area (Å²) in [7, 11) is 0. The van der Waals surface area contributed by atoms with Crippen LogP contribution in [0.15, 0.2) is 120 Å². The molecule has 3 aliphatic rings. The van der Waals surface area contributed by atoms with Gasteiger partial charge in [-0.25, -0.2) is 9.59 Å². The summed E-state index contributed by atoms with van der Waals surface area (Å²) in [6.45, 7) is 6.73. The zero-order valence-corrected chi connectivity index (χ0v) is 51.5. The molecule has 5 atom stereocenters. The van der Waals surface area contributed by atoms with Gasteiger partial charge in [0.15, 0.2) is 0 Å². The molecule has 0 spiro atoms. The van der Waals surface area contributed by atoms with Crippen molar-refractivity contribution in [2.75, 3.05) is 49.1 Å². The third kappa shape index (κ3) is 18.9. The second kappa shape index (κ2) is 31.9. The second-order valence-electron chi connectivity index (χ2n) is 24.6. The number of nitrogens with zero attached hydrogens (tertiary/aromatic N) is 6. The number of alkyl carbamates (subject to hydrolysis) is 1. The molecule has 0 saturated carbocycles. The Bertz CT molecular complexity index is 3260. The molecule has 5 heterocycles. The number of carboxylic acid groups (broad SMARTS) is 1. The van der Waals surface area contributed by atoms with E-state index in [1.54, 1.807) is 31.7 Å². The summed E-state index contributed by atoms with van der Waals surface area (Å²) in [5, 5.41) is 23.2. The first-order chi connectivity index (χ1) is 42.8. The molecule has 3 aromatic carbocycles. The molecule has 3 saturated heterocycles. The Hall–Kier alpha value is -8.82. The number of benzene rings is 3. The summed E-state index contributed by atoms with van der Waals surface area (Å²) < 4.78 is 6.68. The van der Waals surface area contributed by atoms with E-state index in [1.807, 2.05) is 91.3 Å². The lowest BCUT2D eigenvalue weighted by Crippen LogP contribution is -2.62. The van der Waals surface area contributed by atoms with Crippen LogP contribution in [-0.2, 0) is 40.0 Å². The average Bonchev–Trinajstić information content (AvgIpc) is 4.00. The number of nitrogens with two attached hydrogens (primary N) is 1. The van der Waals surface area contributed by atoms with Gasteiger partial charge in [-0.05, 0) is 89.3 Å². The maximum absolute atomic E-state index is 14.7. The van der Waals surface area contributed by atoms with Gasteiger partial charge in [-0.1, -0.05) is 130 Å². The predicted octanol–water partition coefficient (Wildman–Crippen LogP) is 7.57. The third-order valence-electron chi connectivity index (χ3n) is 16.8. The van der Waals surface area contributed by atoms with Crippen molar-refractivity contribution in [2.45, 2.75) is 166 Å². The number of anilines is 2. The van der Waals surface area contributed by atoms with Gasteiger partial charge in [0.1, 0.15) is 30.3 Å². The van der Waals surface area contributed by atoms with Crippen LogP contribution in [0.2, 0.25) is 0 Å². The van der Waals surface area contributed by atoms with Crippen molar-refractivity contribution in [1.82, 2.24) is 40.6 Å². The highest BCUT2D eigenvalue weighted by molar-refractivity contribution is 5.98. The summed E-state index contributed by atoms with van der Waals surface area (Å²) in [6.07, 6.45) is 14.7. The number of amides is 8. The highest BCUT2D eigenvalue weighted by Gasteiger charge is 2.46. The molecular weight excluding hydrogens is 1130 g/mol. The summed E-state index contributed by atoms with van der Waals surface area (Å²) in [4.78, 5) is 133. The fourth-order valence-electron chi connectivity index (χ4n) is 12.3. The minimum absolute atomic E-state index is 0.0542. The lowest BCUT2D eigenvalue weighted by molar-refractivity contribution is -0.144. The quantitative estimate of drug-likeness (QED) is 0.0277. The highest BCUT2D eigenvalue weighted by atomic mass is 16.6. The fraction of sp³-hybridized carbons (Fsp3) is 0.493. The van der Waals surface area contributed by atoms with Gasteiger partial charge >= 0.3 is 18.1 Å². The number of unbranched alkanes of at least 4 members (excludes halogenated alkanes) is 8. The van der Waals surface area contributed by atoms with Crippen molar-refractivity contribution < 1.29 is 48.2 Å². The van der Waals surface area contributed by atoms with Crippen LogP contribution in [-0.4, -0.2) is 141 Å². The van der Waals surface area contributed by atoms with Gasteiger partial charge in [-0.3, -0.25) is 38.5 Å². The smallest absolute Gasteiger partial charge is 0.408 e. The molecule has 8 rings (SSSR count). The van der Waals surface area contributed by atoms with Crippen LogP contribution < -0.4 is 42.4 Å². The summed E-state index contributed by atoms with van der Waals surface area (Å²) in [6, 6.07) is 24.8. The molecule has 0 bridgehead atoms. The summed E-state index contributed by atoms with van der Waals surface area (Å²) >= 11 is 0. The number of carbonyl (C=O) groups excluding carboxylic acids is 7. The molecule has 5 aromatic rings. The second-order valence-corrected chi connectivity index (χ2v) is 24.6. The van der Waals surface area contributed by atoms with E-state index in [1.165, 1.54) is 22.1 Å². The number of hydrogen-bond acceptors (Lipinski definition) is 12. The Morgan fingerprint density at radius 2 is 1.42 bits per heavy atom. The number of primary amides is 1. The van der Waals surface area contributed by atoms with E-state index in [-0.39, 0.29) is 50.2 Å². The number of urea groups is 1. The lowest BCUT2D eigenvalue weighted by atomic mass is 9.95. The minimum atomic E-state index is -1.28. The summed E-state index contributed by atoms with van der Waals surface area (Å²) in [5.41, 5.74) is 7.27. The SMILES string of the molecule is CC(C)(C)OC(=O)N[C@H]1CN(C(=O)NCCCCCCCCCCCN(C(=O)[C@H]2CCCN(c3cncc4ccccc34)C2)c2ccc(=O)n(CC(=O)O)c2)CC[C@H]2CC[C@@H](C(=O)N[C@@H](CCC(N)=O)C(=O)NC(c3ccccc3)c3ccccc3)N2C1=O. The largest absolute Gasteiger partial charge is 0.480 e. The molecule has 476 valence electrons. The van der Waals surface area contributed by atoms with Crippen LogP contribution >= 0.6 is 0 Å². The van der Waals surface area contributed by atoms with E-state index in [0.29, 0.717) is 44.6 Å². The van der Waals surface area contributed by atoms with Crippen molar-refractivity contribution in [1.29, 1.82) is 0 Å². The first-order valence-electron chi connectivity index (χ1n) is 31.5. The van der Waals surface area contributed by atoms with Crippen LogP contribution in [0.25, 0.3) is 10.8 Å². The first kappa shape index (κ1) is 66.1. The van der Waals surface area contributed by atoms with Gasteiger partial charge < -0.3 is 61.0 Å². The molecule has 22 nitrogen and oxygen atoms in total. The van der Waals surface area contributed by atoms with Gasteiger partial charge in [0.25, 0.3) is 5.56 Å². The molecule has 2 aromatic heterocycles. The standard InChI is InChI=1S/C67H87N11O11/c1-67(2,3)89-66(88)72-54-44-75(39-35-50-29-32-55(78(50)64(54)86)62(84)71-53(31-33-57(68)79)61(83)73-60(46-22-13-11-14-23-46)47-24-15-12-16-25-47)65(87)70-36-19-9-7-5-4-6-8-10-20-38-77(51-30-34-58(80)76(43-51)45-59(81)82)63(85)49-27-21-37-74(42-49)56-41-69-40-48-26-17-18-28-52(48)56/h11-18,22-26,28,30,34,40-41,43,49-50,53-55,60H,4-10,19-21,27,29,31-33,35-39,42,44-45H2,1-3H3,(H2,68,79)(H,70,87)(H,71,84)(H,72,88)(H,73,83)(H,81,82)/t49-,50+,53-,54-,55-/m0/s1. The van der Waals surface area contributed by atoms with E-state index in [2.05, 4.69) is 37.2 Å². The van der Waals surface area contributed by atoms with Gasteiger partial charge in [0.2, 0.25) is 29.5 Å². The zero-order valence-electron chi connectivity index (χ0n) is 51.5. The monoisotopic (exact) mass is 1220 g/mol. The molecule has 0 unspecified atom stereocenters. The predicted molar refractivity (Wildman–Crippen MR) is 339 cm³/mol. The fourth-order valence-corrected chi connectivity index (χ4v) is 12.3. The van der Waals surface area contributed by atoms with E-state index in [4.69, 9.17) is 10.5 Å². The number of carboxylic acids is 1. The Morgan fingerprint density at radius 1 is 0.753 bits per heavy atom. The van der Waals surface area contributed by atoms with Crippen LogP contribution in [0, 0.1) is 5.92 Å². The van der Waals surface area contributed by atoms with E-state index < -0.39 is 83.6 Å². The van der Waals surface area contributed by atoms with Crippen LogP contribution in [0.1, 0.15) is 141 Å². The van der Waals surface area contributed by atoms with E-state index in [0.717, 1.165) is 103 Å². The van der Waals surface area contributed by atoms with Gasteiger partial charge in [0, 0.05) is 74.4 Å². The van der Waals surface area contributed by atoms with Gasteiger partial charge in [0.05, 0.1) is 36.1 Å². The molecular formula is C67H87N11O11. The number of nitrogens with one attached hydrogen (secondary N) is 4. The molecule has 3 aliphatic heterocycles. The maximum atomic E-state index is 14.7. The zero-order chi connectivity index (χ0) is 63.5. The molecule has 3 fully saturated rings. The Morgan fingerprint density at radius 3 is 2.09 bits per heavy atom. The number of aromatic nitrogens is 2.